The first-order valence-electron chi connectivity index (χ1n) is 9.31. The van der Waals surface area contributed by atoms with Crippen LogP contribution in [0, 0.1) is 0 Å². The number of rotatable bonds is 7. The zero-order valence-electron chi connectivity index (χ0n) is 16.4. The van der Waals surface area contributed by atoms with E-state index in [1.165, 1.54) is 7.11 Å². The van der Waals surface area contributed by atoms with Crippen molar-refractivity contribution in [2.24, 2.45) is 0 Å². The van der Waals surface area contributed by atoms with Gasteiger partial charge in [0.05, 0.1) is 30.0 Å². The molecule has 0 aliphatic heterocycles. The second-order valence-corrected chi connectivity index (χ2v) is 6.43. The van der Waals surface area contributed by atoms with Crippen LogP contribution in [0.3, 0.4) is 0 Å². The van der Waals surface area contributed by atoms with Crippen molar-refractivity contribution < 1.29 is 14.3 Å². The van der Waals surface area contributed by atoms with Gasteiger partial charge >= 0.3 is 0 Å². The van der Waals surface area contributed by atoms with E-state index in [0.29, 0.717) is 35.2 Å². The second kappa shape index (κ2) is 8.48. The Labute approximate surface area is 173 Å². The number of para-hydroxylation sites is 2. The van der Waals surface area contributed by atoms with Crippen LogP contribution < -0.4 is 14.8 Å². The molecule has 4 rings (SSSR count). The molecule has 1 amide bonds. The Morgan fingerprint density at radius 3 is 2.77 bits per heavy atom. The molecule has 0 unspecified atom stereocenters. The molecule has 150 valence electrons. The molecule has 30 heavy (non-hydrogen) atoms. The number of aromatic nitrogens is 3. The van der Waals surface area contributed by atoms with Crippen LogP contribution in [-0.2, 0) is 0 Å². The van der Waals surface area contributed by atoms with Crippen LogP contribution in [0.25, 0.3) is 16.9 Å². The SMILES string of the molecule is C=CCOc1ccc(C(=O)Nc2ccc(-n3cnc4ccccc43)nc2)cc1OC. The number of benzene rings is 2. The van der Waals surface area contributed by atoms with Crippen LogP contribution in [0.4, 0.5) is 5.69 Å². The topological polar surface area (TPSA) is 78.3 Å². The van der Waals surface area contributed by atoms with E-state index in [1.54, 1.807) is 42.9 Å². The molecule has 7 heteroatoms. The van der Waals surface area contributed by atoms with Crippen molar-refractivity contribution in [3.8, 4) is 17.3 Å². The number of carbonyl (C=O) groups is 1. The summed E-state index contributed by atoms with van der Waals surface area (Å²) in [5, 5.41) is 2.84. The third kappa shape index (κ3) is 3.86. The molecule has 2 aromatic carbocycles. The average Bonchev–Trinajstić information content (AvgIpc) is 3.22. The average molecular weight is 400 g/mol. The van der Waals surface area contributed by atoms with Gasteiger partial charge in [-0.15, -0.1) is 0 Å². The van der Waals surface area contributed by atoms with Crippen LogP contribution >= 0.6 is 0 Å². The number of nitrogens with zero attached hydrogens (tertiary/aromatic N) is 3. The normalized spacial score (nSPS) is 10.6. The van der Waals surface area contributed by atoms with Crippen molar-refractivity contribution in [3.05, 3.63) is 85.3 Å². The molecular formula is C23H20N4O3. The fourth-order valence-corrected chi connectivity index (χ4v) is 3.02. The molecule has 0 aliphatic carbocycles. The lowest BCUT2D eigenvalue weighted by Gasteiger charge is -2.11. The maximum atomic E-state index is 12.6. The summed E-state index contributed by atoms with van der Waals surface area (Å²) >= 11 is 0. The summed E-state index contributed by atoms with van der Waals surface area (Å²) in [6.45, 7) is 3.97. The van der Waals surface area contributed by atoms with Crippen molar-refractivity contribution in [3.63, 3.8) is 0 Å². The number of ether oxygens (including phenoxy) is 2. The van der Waals surface area contributed by atoms with Gasteiger partial charge in [-0.2, -0.15) is 0 Å². The van der Waals surface area contributed by atoms with E-state index in [2.05, 4.69) is 21.9 Å². The highest BCUT2D eigenvalue weighted by Crippen LogP contribution is 2.28. The summed E-state index contributed by atoms with van der Waals surface area (Å²) in [7, 11) is 1.53. The number of carbonyl (C=O) groups excluding carboxylic acids is 1. The summed E-state index contributed by atoms with van der Waals surface area (Å²) < 4.78 is 12.7. The zero-order valence-corrected chi connectivity index (χ0v) is 16.4. The first kappa shape index (κ1) is 19.2. The fourth-order valence-electron chi connectivity index (χ4n) is 3.02. The molecule has 0 aliphatic rings. The minimum absolute atomic E-state index is 0.272. The van der Waals surface area contributed by atoms with Gasteiger partial charge < -0.3 is 14.8 Å². The summed E-state index contributed by atoms with van der Waals surface area (Å²) in [4.78, 5) is 21.5. The monoisotopic (exact) mass is 400 g/mol. The molecule has 2 heterocycles. The molecule has 4 aromatic rings. The standard InChI is InChI=1S/C23H20N4O3/c1-3-12-30-20-10-8-16(13-21(20)29-2)23(28)26-17-9-11-22(24-14-17)27-15-25-18-6-4-5-7-19(18)27/h3-11,13-15H,1,12H2,2H3,(H,26,28). The highest BCUT2D eigenvalue weighted by molar-refractivity contribution is 6.04. The summed E-state index contributed by atoms with van der Waals surface area (Å²) in [6, 6.07) is 16.5. The lowest BCUT2D eigenvalue weighted by atomic mass is 10.2. The summed E-state index contributed by atoms with van der Waals surface area (Å²) in [5.41, 5.74) is 2.89. The van der Waals surface area contributed by atoms with E-state index in [9.17, 15) is 4.79 Å². The molecule has 0 fully saturated rings. The van der Waals surface area contributed by atoms with Crippen molar-refractivity contribution in [1.29, 1.82) is 0 Å². The maximum absolute atomic E-state index is 12.6. The first-order chi connectivity index (χ1) is 14.7. The van der Waals surface area contributed by atoms with Gasteiger partial charge in [0, 0.05) is 5.56 Å². The molecule has 0 spiro atoms. The van der Waals surface area contributed by atoms with E-state index in [4.69, 9.17) is 9.47 Å². The fraction of sp³-hybridized carbons (Fsp3) is 0.0870. The number of anilines is 1. The van der Waals surface area contributed by atoms with Gasteiger partial charge in [0.2, 0.25) is 0 Å². The van der Waals surface area contributed by atoms with Gasteiger partial charge in [-0.05, 0) is 42.5 Å². The Morgan fingerprint density at radius 1 is 1.13 bits per heavy atom. The predicted molar refractivity (Wildman–Crippen MR) is 116 cm³/mol. The minimum atomic E-state index is -0.272. The molecule has 0 atom stereocenters. The van der Waals surface area contributed by atoms with Gasteiger partial charge in [0.1, 0.15) is 18.8 Å². The second-order valence-electron chi connectivity index (χ2n) is 6.43. The Morgan fingerprint density at radius 2 is 2.00 bits per heavy atom. The summed E-state index contributed by atoms with van der Waals surface area (Å²) in [6.07, 6.45) is 4.98. The number of nitrogens with one attached hydrogen (secondary N) is 1. The number of imidazole rings is 1. The van der Waals surface area contributed by atoms with Crippen molar-refractivity contribution in [1.82, 2.24) is 14.5 Å². The van der Waals surface area contributed by atoms with Gasteiger partial charge in [0.15, 0.2) is 11.5 Å². The van der Waals surface area contributed by atoms with Crippen LogP contribution in [0.15, 0.2) is 79.8 Å². The number of methoxy groups -OCH3 is 1. The highest BCUT2D eigenvalue weighted by Gasteiger charge is 2.12. The van der Waals surface area contributed by atoms with E-state index in [0.717, 1.165) is 11.0 Å². The van der Waals surface area contributed by atoms with E-state index < -0.39 is 0 Å². The Bertz CT molecular complexity index is 1200. The molecule has 7 nitrogen and oxygen atoms in total. The highest BCUT2D eigenvalue weighted by atomic mass is 16.5. The Hall–Kier alpha value is -4.13. The first-order valence-corrected chi connectivity index (χ1v) is 9.31. The van der Waals surface area contributed by atoms with Crippen LogP contribution in [0.2, 0.25) is 0 Å². The van der Waals surface area contributed by atoms with Gasteiger partial charge in [-0.3, -0.25) is 9.36 Å². The molecule has 0 saturated heterocycles. The number of hydrogen-bond acceptors (Lipinski definition) is 5. The van der Waals surface area contributed by atoms with E-state index >= 15 is 0 Å². The van der Waals surface area contributed by atoms with Crippen LogP contribution in [0.5, 0.6) is 11.5 Å². The smallest absolute Gasteiger partial charge is 0.255 e. The third-order valence-corrected chi connectivity index (χ3v) is 4.49. The number of fused-ring (bicyclic) bond motifs is 1. The predicted octanol–water partition coefficient (Wildman–Crippen LogP) is 4.25. The number of amides is 1. The van der Waals surface area contributed by atoms with E-state index in [-0.39, 0.29) is 5.91 Å². The lowest BCUT2D eigenvalue weighted by molar-refractivity contribution is 0.102. The molecule has 0 radical (unpaired) electrons. The molecule has 2 aromatic heterocycles. The van der Waals surface area contributed by atoms with Gasteiger partial charge in [0.25, 0.3) is 5.91 Å². The van der Waals surface area contributed by atoms with Crippen molar-refractivity contribution in [2.75, 3.05) is 19.0 Å². The lowest BCUT2D eigenvalue weighted by Crippen LogP contribution is -2.12. The van der Waals surface area contributed by atoms with Gasteiger partial charge in [-0.1, -0.05) is 24.8 Å². The maximum Gasteiger partial charge on any atom is 0.255 e. The molecule has 0 bridgehead atoms. The van der Waals surface area contributed by atoms with E-state index in [1.807, 2.05) is 34.9 Å². The molecule has 1 N–H and O–H groups in total. The van der Waals surface area contributed by atoms with Crippen LogP contribution in [-0.4, -0.2) is 34.2 Å². The molecular weight excluding hydrogens is 380 g/mol. The Kier molecular flexibility index (Phi) is 5.43. The minimum Gasteiger partial charge on any atom is -0.493 e. The summed E-state index contributed by atoms with van der Waals surface area (Å²) in [5.74, 6) is 1.47. The Balaban J connectivity index is 1.50. The quantitative estimate of drug-likeness (QED) is 0.469. The van der Waals surface area contributed by atoms with Crippen molar-refractivity contribution >= 4 is 22.6 Å². The molecule has 0 saturated carbocycles. The van der Waals surface area contributed by atoms with Crippen molar-refractivity contribution in [2.45, 2.75) is 0 Å². The zero-order chi connectivity index (χ0) is 20.9. The third-order valence-electron chi connectivity index (χ3n) is 4.49. The van der Waals surface area contributed by atoms with Crippen LogP contribution in [0.1, 0.15) is 10.4 Å². The number of hydrogen-bond donors (Lipinski definition) is 1. The van der Waals surface area contributed by atoms with Gasteiger partial charge in [-0.25, -0.2) is 9.97 Å². The number of pyridine rings is 1. The largest absolute Gasteiger partial charge is 0.493 e.